The number of alkyl halides is 1. The third kappa shape index (κ3) is 3.76. The van der Waals surface area contributed by atoms with Crippen molar-refractivity contribution in [2.45, 2.75) is 29.5 Å². The Labute approximate surface area is 128 Å². The van der Waals surface area contributed by atoms with Crippen LogP contribution < -0.4 is 4.72 Å². The quantitative estimate of drug-likeness (QED) is 0.848. The van der Waals surface area contributed by atoms with Crippen molar-refractivity contribution in [1.82, 2.24) is 4.72 Å². The maximum absolute atomic E-state index is 12.1. The molecule has 19 heavy (non-hydrogen) atoms. The van der Waals surface area contributed by atoms with Crippen LogP contribution >= 0.6 is 34.8 Å². The van der Waals surface area contributed by atoms with Gasteiger partial charge in [0.1, 0.15) is 0 Å². The second-order valence-electron chi connectivity index (χ2n) is 4.63. The lowest BCUT2D eigenvalue weighted by molar-refractivity contribution is 0.523. The first-order valence-corrected chi connectivity index (χ1v) is 8.66. The van der Waals surface area contributed by atoms with Crippen molar-refractivity contribution in [3.8, 4) is 0 Å². The highest BCUT2D eigenvalue weighted by Gasteiger charge is 2.27. The molecule has 1 aliphatic carbocycles. The van der Waals surface area contributed by atoms with Gasteiger partial charge in [-0.25, -0.2) is 13.1 Å². The molecule has 0 saturated heterocycles. The van der Waals surface area contributed by atoms with Gasteiger partial charge < -0.3 is 0 Å². The third-order valence-electron chi connectivity index (χ3n) is 3.30. The number of hydrogen-bond donors (Lipinski definition) is 1. The smallest absolute Gasteiger partial charge is 0.211 e. The highest BCUT2D eigenvalue weighted by atomic mass is 35.5. The molecule has 0 radical (unpaired) electrons. The molecule has 0 aromatic heterocycles. The first-order chi connectivity index (χ1) is 8.90. The van der Waals surface area contributed by atoms with E-state index < -0.39 is 10.0 Å². The Bertz CT molecular complexity index is 562. The number of halogens is 3. The van der Waals surface area contributed by atoms with Crippen molar-refractivity contribution in [3.05, 3.63) is 28.2 Å². The van der Waals surface area contributed by atoms with E-state index >= 15 is 0 Å². The Kier molecular flexibility index (Phi) is 5.01. The van der Waals surface area contributed by atoms with Crippen LogP contribution in [0.5, 0.6) is 0 Å². The molecule has 106 valence electrons. The van der Waals surface area contributed by atoms with Crippen molar-refractivity contribution >= 4 is 44.8 Å². The van der Waals surface area contributed by atoms with Crippen molar-refractivity contribution in [2.75, 3.05) is 6.54 Å². The molecule has 2 unspecified atom stereocenters. The van der Waals surface area contributed by atoms with E-state index in [2.05, 4.69) is 4.72 Å². The fourth-order valence-electron chi connectivity index (χ4n) is 2.17. The molecule has 1 fully saturated rings. The van der Waals surface area contributed by atoms with Crippen LogP contribution in [0.2, 0.25) is 10.0 Å². The largest absolute Gasteiger partial charge is 0.240 e. The van der Waals surface area contributed by atoms with Gasteiger partial charge in [-0.15, -0.1) is 11.6 Å². The fraction of sp³-hybridized carbons (Fsp3) is 0.500. The summed E-state index contributed by atoms with van der Waals surface area (Å²) in [7, 11) is -3.56. The average molecular weight is 343 g/mol. The van der Waals surface area contributed by atoms with E-state index in [1.807, 2.05) is 0 Å². The highest BCUT2D eigenvalue weighted by Crippen LogP contribution is 2.30. The van der Waals surface area contributed by atoms with Crippen molar-refractivity contribution < 1.29 is 8.42 Å². The Hall–Kier alpha value is -0.000000000000000111. The lowest BCUT2D eigenvalue weighted by atomic mass is 10.1. The second-order valence-corrected chi connectivity index (χ2v) is 7.78. The van der Waals surface area contributed by atoms with E-state index in [0.29, 0.717) is 11.6 Å². The molecule has 1 N–H and O–H groups in total. The molecule has 0 bridgehead atoms. The molecule has 0 heterocycles. The molecule has 2 atom stereocenters. The molecule has 0 amide bonds. The van der Waals surface area contributed by atoms with Crippen LogP contribution in [0, 0.1) is 5.92 Å². The summed E-state index contributed by atoms with van der Waals surface area (Å²) in [6, 6.07) is 4.25. The topological polar surface area (TPSA) is 46.2 Å². The monoisotopic (exact) mass is 341 g/mol. The molecule has 1 aliphatic rings. The third-order valence-corrected chi connectivity index (χ3v) is 6.04. The number of hydrogen-bond acceptors (Lipinski definition) is 2. The van der Waals surface area contributed by atoms with Crippen LogP contribution in [0.4, 0.5) is 0 Å². The molecular weight excluding hydrogens is 329 g/mol. The van der Waals surface area contributed by atoms with Crippen molar-refractivity contribution in [2.24, 2.45) is 5.92 Å². The van der Waals surface area contributed by atoms with Crippen molar-refractivity contribution in [3.63, 3.8) is 0 Å². The minimum absolute atomic E-state index is 0.0523. The van der Waals surface area contributed by atoms with Gasteiger partial charge in [0.05, 0.1) is 14.9 Å². The summed E-state index contributed by atoms with van der Waals surface area (Å²) in [5.74, 6) is 0.194. The van der Waals surface area contributed by atoms with E-state index in [9.17, 15) is 8.42 Å². The maximum atomic E-state index is 12.1. The molecule has 7 heteroatoms. The van der Waals surface area contributed by atoms with E-state index in [1.54, 1.807) is 0 Å². The Morgan fingerprint density at radius 1 is 1.21 bits per heavy atom. The molecule has 1 aromatic carbocycles. The SMILES string of the molecule is O=S(=O)(NCC1CCCC1Cl)c1ccc(Cl)c(Cl)c1. The zero-order chi connectivity index (χ0) is 14.0. The highest BCUT2D eigenvalue weighted by molar-refractivity contribution is 7.89. The van der Waals surface area contributed by atoms with E-state index in [0.717, 1.165) is 19.3 Å². The van der Waals surface area contributed by atoms with E-state index in [1.165, 1.54) is 18.2 Å². The van der Waals surface area contributed by atoms with Gasteiger partial charge in [0.15, 0.2) is 0 Å². The molecule has 1 aromatic rings. The summed E-state index contributed by atoms with van der Waals surface area (Å²) in [6.45, 7) is 0.358. The van der Waals surface area contributed by atoms with Gasteiger partial charge in [-0.2, -0.15) is 0 Å². The minimum atomic E-state index is -3.56. The second kappa shape index (κ2) is 6.19. The van der Waals surface area contributed by atoms with Crippen LogP contribution in [-0.4, -0.2) is 20.3 Å². The lowest BCUT2D eigenvalue weighted by Crippen LogP contribution is -2.31. The number of benzene rings is 1. The van der Waals surface area contributed by atoms with Gasteiger partial charge in [-0.3, -0.25) is 0 Å². The number of nitrogens with one attached hydrogen (secondary N) is 1. The summed E-state index contributed by atoms with van der Waals surface area (Å²) < 4.78 is 26.8. The van der Waals surface area contributed by atoms with Gasteiger partial charge in [-0.1, -0.05) is 29.6 Å². The summed E-state index contributed by atoms with van der Waals surface area (Å²) in [6.07, 6.45) is 2.95. The molecule has 0 spiro atoms. The van der Waals surface area contributed by atoms with Gasteiger partial charge >= 0.3 is 0 Å². The van der Waals surface area contributed by atoms with E-state index in [4.69, 9.17) is 34.8 Å². The first kappa shape index (κ1) is 15.4. The molecule has 1 saturated carbocycles. The zero-order valence-electron chi connectivity index (χ0n) is 10.1. The number of sulfonamides is 1. The molecule has 3 nitrogen and oxygen atoms in total. The first-order valence-electron chi connectivity index (χ1n) is 5.99. The fourth-order valence-corrected chi connectivity index (χ4v) is 4.02. The molecule has 0 aliphatic heterocycles. The average Bonchev–Trinajstić information content (AvgIpc) is 2.76. The van der Waals surface area contributed by atoms with E-state index in [-0.39, 0.29) is 21.2 Å². The summed E-state index contributed by atoms with van der Waals surface area (Å²) in [5.41, 5.74) is 0. The zero-order valence-corrected chi connectivity index (χ0v) is 13.2. The van der Waals surface area contributed by atoms with Crippen LogP contribution in [0.15, 0.2) is 23.1 Å². The van der Waals surface area contributed by atoms with Crippen LogP contribution in [0.3, 0.4) is 0 Å². The van der Waals surface area contributed by atoms with Gasteiger partial charge in [0, 0.05) is 11.9 Å². The predicted molar refractivity (Wildman–Crippen MR) is 78.6 cm³/mol. The normalized spacial score (nSPS) is 23.7. The standard InChI is InChI=1S/C12H14Cl3NO2S/c13-10-3-1-2-8(10)7-16-19(17,18)9-4-5-11(14)12(15)6-9/h4-6,8,10,16H,1-3,7H2. The predicted octanol–water partition coefficient (Wildman–Crippen LogP) is 3.68. The van der Waals surface area contributed by atoms with Crippen LogP contribution in [-0.2, 0) is 10.0 Å². The summed E-state index contributed by atoms with van der Waals surface area (Å²) in [4.78, 5) is 0.117. The maximum Gasteiger partial charge on any atom is 0.240 e. The Balaban J connectivity index is 2.07. The Morgan fingerprint density at radius 3 is 2.53 bits per heavy atom. The van der Waals surface area contributed by atoms with Crippen LogP contribution in [0.25, 0.3) is 0 Å². The molecule has 2 rings (SSSR count). The Morgan fingerprint density at radius 2 is 1.95 bits per heavy atom. The lowest BCUT2D eigenvalue weighted by Gasteiger charge is -2.14. The minimum Gasteiger partial charge on any atom is -0.211 e. The summed E-state index contributed by atoms with van der Waals surface area (Å²) >= 11 is 17.7. The molecular formula is C12H14Cl3NO2S. The van der Waals surface area contributed by atoms with Gasteiger partial charge in [0.2, 0.25) is 10.0 Å². The number of rotatable bonds is 4. The van der Waals surface area contributed by atoms with Crippen molar-refractivity contribution in [1.29, 1.82) is 0 Å². The van der Waals surface area contributed by atoms with Crippen LogP contribution in [0.1, 0.15) is 19.3 Å². The van der Waals surface area contributed by atoms with Gasteiger partial charge in [0.25, 0.3) is 0 Å². The summed E-state index contributed by atoms with van der Waals surface area (Å²) in [5, 5.41) is 0.606. The van der Waals surface area contributed by atoms with Gasteiger partial charge in [-0.05, 0) is 37.0 Å².